The molecule has 0 aliphatic rings. The molecule has 0 aliphatic heterocycles. The molecule has 24 heavy (non-hydrogen) atoms. The molecule has 1 aromatic heterocycles. The first-order chi connectivity index (χ1) is 11.2. The topological polar surface area (TPSA) is 95.2 Å². The van der Waals surface area contributed by atoms with E-state index in [2.05, 4.69) is 15.5 Å². The number of aromatic nitrogens is 2. The molecule has 2 N–H and O–H groups in total. The van der Waals surface area contributed by atoms with Gasteiger partial charge in [0, 0.05) is 18.6 Å². The van der Waals surface area contributed by atoms with Crippen molar-refractivity contribution < 1.29 is 13.2 Å². The van der Waals surface area contributed by atoms with E-state index in [1.807, 2.05) is 6.07 Å². The molecule has 130 valence electrons. The molecular formula is C15H19ClN4O3S. The van der Waals surface area contributed by atoms with Gasteiger partial charge in [0.15, 0.2) is 0 Å². The predicted octanol–water partition coefficient (Wildman–Crippen LogP) is 1.62. The number of carbonyl (C=O) groups excluding carboxylic acids is 1. The lowest BCUT2D eigenvalue weighted by molar-refractivity contribution is -0.121. The number of nitrogens with zero attached hydrogens (tertiary/aromatic N) is 2. The van der Waals surface area contributed by atoms with E-state index in [1.54, 1.807) is 32.0 Å². The maximum Gasteiger partial charge on any atom is 0.246 e. The van der Waals surface area contributed by atoms with Gasteiger partial charge in [0.2, 0.25) is 15.9 Å². The first-order valence-electron chi connectivity index (χ1n) is 7.21. The standard InChI is InChI=1S/C15H19ClN4O3S/c1-10-15(11(2)19-18-10)24(22,23)20(3)9-14(21)17-8-12-6-4-5-7-13(12)16/h4-7H,8-9H2,1-3H3,(H,17,21)(H,18,19). The molecule has 2 rings (SSSR count). The van der Waals surface area contributed by atoms with Crippen LogP contribution in [0.15, 0.2) is 29.2 Å². The smallest absolute Gasteiger partial charge is 0.246 e. The average Bonchev–Trinajstić information content (AvgIpc) is 2.86. The second-order valence-electron chi connectivity index (χ2n) is 5.39. The Morgan fingerprint density at radius 3 is 2.58 bits per heavy atom. The van der Waals surface area contributed by atoms with Crippen molar-refractivity contribution in [2.45, 2.75) is 25.3 Å². The Balaban J connectivity index is 2.02. The van der Waals surface area contributed by atoms with Crippen LogP contribution in [0.1, 0.15) is 17.0 Å². The molecule has 0 atom stereocenters. The van der Waals surface area contributed by atoms with Gasteiger partial charge in [-0.3, -0.25) is 9.89 Å². The van der Waals surface area contributed by atoms with Crippen LogP contribution in [0.2, 0.25) is 5.02 Å². The number of nitrogens with one attached hydrogen (secondary N) is 2. The monoisotopic (exact) mass is 370 g/mol. The van der Waals surface area contributed by atoms with Crippen LogP contribution >= 0.6 is 11.6 Å². The first kappa shape index (κ1) is 18.4. The predicted molar refractivity (Wildman–Crippen MR) is 91.2 cm³/mol. The molecule has 0 unspecified atom stereocenters. The number of benzene rings is 1. The van der Waals surface area contributed by atoms with Crippen LogP contribution in [0.3, 0.4) is 0 Å². The number of H-pyrrole nitrogens is 1. The van der Waals surface area contributed by atoms with E-state index in [9.17, 15) is 13.2 Å². The minimum Gasteiger partial charge on any atom is -0.351 e. The highest BCUT2D eigenvalue weighted by atomic mass is 35.5. The highest BCUT2D eigenvalue weighted by Crippen LogP contribution is 2.20. The zero-order valence-corrected chi connectivity index (χ0v) is 15.2. The van der Waals surface area contributed by atoms with Gasteiger partial charge in [-0.15, -0.1) is 0 Å². The summed E-state index contributed by atoms with van der Waals surface area (Å²) in [6, 6.07) is 7.13. The number of likely N-dealkylation sites (N-methyl/N-ethyl adjacent to an activating group) is 1. The van der Waals surface area contributed by atoms with Crippen LogP contribution in [-0.4, -0.2) is 42.4 Å². The van der Waals surface area contributed by atoms with Gasteiger partial charge in [0.05, 0.1) is 17.9 Å². The van der Waals surface area contributed by atoms with Crippen LogP contribution in [0.4, 0.5) is 0 Å². The molecule has 0 radical (unpaired) electrons. The number of sulfonamides is 1. The maximum absolute atomic E-state index is 12.6. The molecular weight excluding hydrogens is 352 g/mol. The van der Waals surface area contributed by atoms with Crippen LogP contribution < -0.4 is 5.32 Å². The van der Waals surface area contributed by atoms with Crippen molar-refractivity contribution in [3.8, 4) is 0 Å². The van der Waals surface area contributed by atoms with Crippen molar-refractivity contribution in [1.29, 1.82) is 0 Å². The largest absolute Gasteiger partial charge is 0.351 e. The van der Waals surface area contributed by atoms with Crippen molar-refractivity contribution in [2.75, 3.05) is 13.6 Å². The van der Waals surface area contributed by atoms with Crippen molar-refractivity contribution in [3.63, 3.8) is 0 Å². The van der Waals surface area contributed by atoms with Gasteiger partial charge in [-0.2, -0.15) is 9.40 Å². The molecule has 0 fully saturated rings. The molecule has 0 saturated carbocycles. The summed E-state index contributed by atoms with van der Waals surface area (Å²) in [5.41, 5.74) is 1.58. The number of hydrogen-bond donors (Lipinski definition) is 2. The SMILES string of the molecule is Cc1n[nH]c(C)c1S(=O)(=O)N(C)CC(=O)NCc1ccccc1Cl. The van der Waals surface area contributed by atoms with Crippen LogP contribution in [-0.2, 0) is 21.4 Å². The molecule has 0 spiro atoms. The van der Waals surface area contributed by atoms with E-state index in [4.69, 9.17) is 11.6 Å². The minimum atomic E-state index is -3.79. The summed E-state index contributed by atoms with van der Waals surface area (Å²) in [5.74, 6) is -0.417. The van der Waals surface area contributed by atoms with Gasteiger partial charge in [-0.05, 0) is 25.5 Å². The molecule has 7 nitrogen and oxygen atoms in total. The number of hydrogen-bond acceptors (Lipinski definition) is 4. The highest BCUT2D eigenvalue weighted by Gasteiger charge is 2.28. The quantitative estimate of drug-likeness (QED) is 0.807. The zero-order chi connectivity index (χ0) is 17.9. The second-order valence-corrected chi connectivity index (χ2v) is 7.78. The normalized spacial score (nSPS) is 11.7. The summed E-state index contributed by atoms with van der Waals surface area (Å²) in [6.45, 7) is 3.16. The Kier molecular flexibility index (Phi) is 5.63. The fourth-order valence-electron chi connectivity index (χ4n) is 2.26. The van der Waals surface area contributed by atoms with E-state index in [0.717, 1.165) is 9.87 Å². The Labute approximate surface area is 146 Å². The number of halogens is 1. The number of amides is 1. The summed E-state index contributed by atoms with van der Waals surface area (Å²) in [6.07, 6.45) is 0. The molecule has 1 amide bonds. The third-order valence-corrected chi connectivity index (χ3v) is 5.96. The molecule has 9 heteroatoms. The van der Waals surface area contributed by atoms with E-state index >= 15 is 0 Å². The Bertz CT molecular complexity index is 829. The highest BCUT2D eigenvalue weighted by molar-refractivity contribution is 7.89. The average molecular weight is 371 g/mol. The molecule has 0 bridgehead atoms. The molecule has 2 aromatic rings. The third kappa shape index (κ3) is 3.95. The summed E-state index contributed by atoms with van der Waals surface area (Å²) in [7, 11) is -2.43. The third-order valence-electron chi connectivity index (χ3n) is 3.53. The number of aryl methyl sites for hydroxylation is 2. The maximum atomic E-state index is 12.6. The second kappa shape index (κ2) is 7.33. The van der Waals surface area contributed by atoms with Crippen molar-refractivity contribution in [1.82, 2.24) is 19.8 Å². The van der Waals surface area contributed by atoms with Gasteiger partial charge in [0.1, 0.15) is 4.90 Å². The lowest BCUT2D eigenvalue weighted by Gasteiger charge is -2.17. The van der Waals surface area contributed by atoms with E-state index in [-0.39, 0.29) is 18.0 Å². The minimum absolute atomic E-state index is 0.101. The number of rotatable bonds is 6. The zero-order valence-electron chi connectivity index (χ0n) is 13.6. The van der Waals surface area contributed by atoms with Crippen LogP contribution in [0.25, 0.3) is 0 Å². The van der Waals surface area contributed by atoms with Crippen molar-refractivity contribution in [2.24, 2.45) is 0 Å². The Morgan fingerprint density at radius 2 is 2.00 bits per heavy atom. The Hall–Kier alpha value is -1.90. The van der Waals surface area contributed by atoms with E-state index < -0.39 is 15.9 Å². The number of carbonyl (C=O) groups is 1. The Morgan fingerprint density at radius 1 is 1.33 bits per heavy atom. The first-order valence-corrected chi connectivity index (χ1v) is 9.03. The fourth-order valence-corrected chi connectivity index (χ4v) is 3.91. The van der Waals surface area contributed by atoms with E-state index in [1.165, 1.54) is 7.05 Å². The molecule has 1 heterocycles. The summed E-state index contributed by atoms with van der Waals surface area (Å²) < 4.78 is 26.1. The van der Waals surface area contributed by atoms with Gasteiger partial charge >= 0.3 is 0 Å². The van der Waals surface area contributed by atoms with Gasteiger partial charge in [0.25, 0.3) is 0 Å². The lowest BCUT2D eigenvalue weighted by atomic mass is 10.2. The fraction of sp³-hybridized carbons (Fsp3) is 0.333. The summed E-state index contributed by atoms with van der Waals surface area (Å²) >= 11 is 6.02. The van der Waals surface area contributed by atoms with Gasteiger partial charge in [-0.1, -0.05) is 29.8 Å². The van der Waals surface area contributed by atoms with Crippen molar-refractivity contribution >= 4 is 27.5 Å². The van der Waals surface area contributed by atoms with Gasteiger partial charge < -0.3 is 5.32 Å². The number of aromatic amines is 1. The molecule has 0 aliphatic carbocycles. The summed E-state index contributed by atoms with van der Waals surface area (Å²) in [5, 5.41) is 9.73. The molecule has 0 saturated heterocycles. The van der Waals surface area contributed by atoms with Crippen molar-refractivity contribution in [3.05, 3.63) is 46.2 Å². The van der Waals surface area contributed by atoms with Crippen LogP contribution in [0.5, 0.6) is 0 Å². The van der Waals surface area contributed by atoms with Crippen LogP contribution in [0, 0.1) is 13.8 Å². The van der Waals surface area contributed by atoms with E-state index in [0.29, 0.717) is 16.4 Å². The summed E-state index contributed by atoms with van der Waals surface area (Å²) in [4.78, 5) is 12.1. The molecule has 1 aromatic carbocycles. The van der Waals surface area contributed by atoms with Gasteiger partial charge in [-0.25, -0.2) is 8.42 Å². The lowest BCUT2D eigenvalue weighted by Crippen LogP contribution is -2.38.